The van der Waals surface area contributed by atoms with Crippen LogP contribution in [0.2, 0.25) is 0 Å². The van der Waals surface area contributed by atoms with Gasteiger partial charge in [0.15, 0.2) is 0 Å². The fourth-order valence-corrected chi connectivity index (χ4v) is 1.99. The van der Waals surface area contributed by atoms with Crippen molar-refractivity contribution in [2.45, 2.75) is 19.4 Å². The van der Waals surface area contributed by atoms with Crippen LogP contribution in [-0.4, -0.2) is 18.6 Å². The van der Waals surface area contributed by atoms with Crippen LogP contribution in [0.15, 0.2) is 48.5 Å². The zero-order chi connectivity index (χ0) is 13.5. The molecule has 1 atom stereocenters. The predicted octanol–water partition coefficient (Wildman–Crippen LogP) is 2.98. The molecule has 2 aromatic rings. The highest BCUT2D eigenvalue weighted by Gasteiger charge is 2.04. The Kier molecular flexibility index (Phi) is 4.93. The zero-order valence-electron chi connectivity index (χ0n) is 11.5. The minimum absolute atomic E-state index is 0.492. The molecule has 0 aliphatic heterocycles. The number of methoxy groups -OCH3 is 1. The van der Waals surface area contributed by atoms with E-state index in [0.29, 0.717) is 11.8 Å². The molecule has 1 unspecified atom stereocenters. The van der Waals surface area contributed by atoms with E-state index in [9.17, 15) is 0 Å². The van der Waals surface area contributed by atoms with Crippen molar-refractivity contribution in [3.05, 3.63) is 59.8 Å². The smallest absolute Gasteiger partial charge is 0.213 e. The second kappa shape index (κ2) is 6.90. The molecular weight excluding hydrogens is 236 g/mol. The largest absolute Gasteiger partial charge is 0.481 e. The quantitative estimate of drug-likeness (QED) is 0.862. The number of hydrogen-bond donors (Lipinski definition) is 1. The Morgan fingerprint density at radius 3 is 2.63 bits per heavy atom. The highest BCUT2D eigenvalue weighted by molar-refractivity contribution is 5.19. The third-order valence-electron chi connectivity index (χ3n) is 3.12. The molecule has 0 radical (unpaired) electrons. The van der Waals surface area contributed by atoms with Crippen LogP contribution in [0.4, 0.5) is 0 Å². The second-order valence-electron chi connectivity index (χ2n) is 4.61. The van der Waals surface area contributed by atoms with Gasteiger partial charge in [0.1, 0.15) is 0 Å². The molecule has 100 valence electrons. The maximum Gasteiger partial charge on any atom is 0.213 e. The third kappa shape index (κ3) is 4.07. The highest BCUT2D eigenvalue weighted by Crippen LogP contribution is 2.13. The number of aromatic nitrogens is 1. The fourth-order valence-electron chi connectivity index (χ4n) is 1.99. The molecule has 0 saturated heterocycles. The Bertz CT molecular complexity index is 499. The second-order valence-corrected chi connectivity index (χ2v) is 4.61. The van der Waals surface area contributed by atoms with Crippen molar-refractivity contribution in [3.8, 4) is 5.88 Å². The SMILES string of the molecule is COc1cccc(CNCC(C)c2ccccc2)n1. The molecule has 1 N–H and O–H groups in total. The van der Waals surface area contributed by atoms with Crippen LogP contribution in [0.3, 0.4) is 0 Å². The van der Waals surface area contributed by atoms with Gasteiger partial charge in [-0.1, -0.05) is 43.3 Å². The highest BCUT2D eigenvalue weighted by atomic mass is 16.5. The summed E-state index contributed by atoms with van der Waals surface area (Å²) in [7, 11) is 1.64. The first-order chi connectivity index (χ1) is 9.29. The van der Waals surface area contributed by atoms with Gasteiger partial charge in [-0.05, 0) is 17.5 Å². The standard InChI is InChI=1S/C16H20N2O/c1-13(14-7-4-3-5-8-14)11-17-12-15-9-6-10-16(18-15)19-2/h3-10,13,17H,11-12H2,1-2H3. The van der Waals surface area contributed by atoms with E-state index in [2.05, 4.69) is 41.5 Å². The normalized spacial score (nSPS) is 12.1. The van der Waals surface area contributed by atoms with Crippen LogP contribution in [0.25, 0.3) is 0 Å². The fraction of sp³-hybridized carbons (Fsp3) is 0.312. The summed E-state index contributed by atoms with van der Waals surface area (Å²) in [5, 5.41) is 3.43. The van der Waals surface area contributed by atoms with E-state index >= 15 is 0 Å². The summed E-state index contributed by atoms with van der Waals surface area (Å²) in [6, 6.07) is 16.4. The molecule has 0 fully saturated rings. The van der Waals surface area contributed by atoms with Crippen LogP contribution < -0.4 is 10.1 Å². The van der Waals surface area contributed by atoms with E-state index in [4.69, 9.17) is 4.74 Å². The van der Waals surface area contributed by atoms with E-state index in [1.807, 2.05) is 24.3 Å². The van der Waals surface area contributed by atoms with Crippen LogP contribution in [-0.2, 0) is 6.54 Å². The molecule has 3 heteroatoms. The predicted molar refractivity (Wildman–Crippen MR) is 77.4 cm³/mol. The Hall–Kier alpha value is -1.87. The van der Waals surface area contributed by atoms with E-state index in [1.165, 1.54) is 5.56 Å². The lowest BCUT2D eigenvalue weighted by molar-refractivity contribution is 0.395. The summed E-state index contributed by atoms with van der Waals surface area (Å²) in [6.07, 6.45) is 0. The lowest BCUT2D eigenvalue weighted by Gasteiger charge is -2.13. The van der Waals surface area contributed by atoms with Crippen molar-refractivity contribution in [2.24, 2.45) is 0 Å². The van der Waals surface area contributed by atoms with Crippen molar-refractivity contribution in [2.75, 3.05) is 13.7 Å². The number of nitrogens with one attached hydrogen (secondary N) is 1. The van der Waals surface area contributed by atoms with Crippen molar-refractivity contribution >= 4 is 0 Å². The Morgan fingerprint density at radius 1 is 1.11 bits per heavy atom. The maximum absolute atomic E-state index is 5.11. The average Bonchev–Trinajstić information content (AvgIpc) is 2.48. The summed E-state index contributed by atoms with van der Waals surface area (Å²) in [6.45, 7) is 3.92. The van der Waals surface area contributed by atoms with Crippen molar-refractivity contribution < 1.29 is 4.74 Å². The van der Waals surface area contributed by atoms with Gasteiger partial charge in [-0.15, -0.1) is 0 Å². The lowest BCUT2D eigenvalue weighted by atomic mass is 10.0. The first kappa shape index (κ1) is 13.6. The Balaban J connectivity index is 1.83. The van der Waals surface area contributed by atoms with Crippen LogP contribution in [0.1, 0.15) is 24.1 Å². The van der Waals surface area contributed by atoms with Gasteiger partial charge in [-0.2, -0.15) is 0 Å². The summed E-state index contributed by atoms with van der Waals surface area (Å²) in [4.78, 5) is 4.38. The van der Waals surface area contributed by atoms with Gasteiger partial charge in [0.05, 0.1) is 12.8 Å². The number of nitrogens with zero attached hydrogens (tertiary/aromatic N) is 1. The molecule has 2 rings (SSSR count). The molecule has 0 aliphatic rings. The lowest BCUT2D eigenvalue weighted by Crippen LogP contribution is -2.20. The van der Waals surface area contributed by atoms with Crippen LogP contribution in [0.5, 0.6) is 5.88 Å². The van der Waals surface area contributed by atoms with Gasteiger partial charge in [0.25, 0.3) is 0 Å². The third-order valence-corrected chi connectivity index (χ3v) is 3.12. The molecule has 1 heterocycles. The Morgan fingerprint density at radius 2 is 1.89 bits per heavy atom. The summed E-state index contributed by atoms with van der Waals surface area (Å²) >= 11 is 0. The molecule has 0 amide bonds. The Labute approximate surface area is 114 Å². The van der Waals surface area contributed by atoms with Crippen molar-refractivity contribution in [3.63, 3.8) is 0 Å². The molecule has 3 nitrogen and oxygen atoms in total. The van der Waals surface area contributed by atoms with Gasteiger partial charge >= 0.3 is 0 Å². The first-order valence-corrected chi connectivity index (χ1v) is 6.55. The van der Waals surface area contributed by atoms with Crippen LogP contribution >= 0.6 is 0 Å². The number of hydrogen-bond acceptors (Lipinski definition) is 3. The summed E-state index contributed by atoms with van der Waals surface area (Å²) in [5.74, 6) is 1.15. The van der Waals surface area contributed by atoms with Gasteiger partial charge in [-0.3, -0.25) is 0 Å². The summed E-state index contributed by atoms with van der Waals surface area (Å²) < 4.78 is 5.11. The van der Waals surface area contributed by atoms with Crippen LogP contribution in [0, 0.1) is 0 Å². The van der Waals surface area contributed by atoms with Gasteiger partial charge in [0, 0.05) is 19.2 Å². The maximum atomic E-state index is 5.11. The molecule has 0 aliphatic carbocycles. The van der Waals surface area contributed by atoms with Gasteiger partial charge in [0.2, 0.25) is 5.88 Å². The monoisotopic (exact) mass is 256 g/mol. The van der Waals surface area contributed by atoms with E-state index in [0.717, 1.165) is 18.8 Å². The van der Waals surface area contributed by atoms with Crippen molar-refractivity contribution in [1.29, 1.82) is 0 Å². The number of rotatable bonds is 6. The molecule has 19 heavy (non-hydrogen) atoms. The molecule has 1 aromatic carbocycles. The molecule has 0 bridgehead atoms. The van der Waals surface area contributed by atoms with Crippen molar-refractivity contribution in [1.82, 2.24) is 10.3 Å². The van der Waals surface area contributed by atoms with E-state index in [-0.39, 0.29) is 0 Å². The summed E-state index contributed by atoms with van der Waals surface area (Å²) in [5.41, 5.74) is 2.35. The minimum atomic E-state index is 0.492. The topological polar surface area (TPSA) is 34.1 Å². The van der Waals surface area contributed by atoms with E-state index < -0.39 is 0 Å². The zero-order valence-corrected chi connectivity index (χ0v) is 11.5. The number of ether oxygens (including phenoxy) is 1. The first-order valence-electron chi connectivity index (χ1n) is 6.55. The molecule has 0 spiro atoms. The minimum Gasteiger partial charge on any atom is -0.481 e. The molecular formula is C16H20N2O. The van der Waals surface area contributed by atoms with E-state index in [1.54, 1.807) is 7.11 Å². The molecule has 0 saturated carbocycles. The van der Waals surface area contributed by atoms with Gasteiger partial charge < -0.3 is 10.1 Å². The van der Waals surface area contributed by atoms with Gasteiger partial charge in [-0.25, -0.2) is 4.98 Å². The number of pyridine rings is 1. The average molecular weight is 256 g/mol. The number of benzene rings is 1. The molecule has 1 aromatic heterocycles.